The van der Waals surface area contributed by atoms with Crippen molar-refractivity contribution < 1.29 is 9.63 Å². The highest BCUT2D eigenvalue weighted by Gasteiger charge is 2.33. The summed E-state index contributed by atoms with van der Waals surface area (Å²) in [4.78, 5) is 16.7. The summed E-state index contributed by atoms with van der Waals surface area (Å²) < 4.78 is 0. The highest BCUT2D eigenvalue weighted by Crippen LogP contribution is 2.22. The quantitative estimate of drug-likeness (QED) is 0.787. The number of hydrogen-bond donors (Lipinski definition) is 0. The van der Waals surface area contributed by atoms with E-state index >= 15 is 0 Å². The van der Waals surface area contributed by atoms with Gasteiger partial charge in [-0.25, -0.2) is 4.79 Å². The zero-order valence-electron chi connectivity index (χ0n) is 10.3. The molecule has 0 spiro atoms. The first-order valence-electron chi connectivity index (χ1n) is 6.22. The molecule has 1 heterocycles. The SMILES string of the molecule is O=C1ON=C(c2ccccc2)[C@H]1Cc1ccccc1. The fraction of sp³-hybridized carbons (Fsp3) is 0.125. The van der Waals surface area contributed by atoms with Gasteiger partial charge in [-0.15, -0.1) is 0 Å². The van der Waals surface area contributed by atoms with E-state index in [0.717, 1.165) is 16.8 Å². The molecular weight excluding hydrogens is 238 g/mol. The van der Waals surface area contributed by atoms with Gasteiger partial charge in [0.1, 0.15) is 11.6 Å². The van der Waals surface area contributed by atoms with E-state index in [2.05, 4.69) is 5.16 Å². The van der Waals surface area contributed by atoms with Gasteiger partial charge in [0.15, 0.2) is 0 Å². The van der Waals surface area contributed by atoms with Crippen molar-refractivity contribution in [2.24, 2.45) is 11.1 Å². The van der Waals surface area contributed by atoms with Gasteiger partial charge >= 0.3 is 5.97 Å². The number of benzene rings is 2. The summed E-state index contributed by atoms with van der Waals surface area (Å²) in [6, 6.07) is 19.6. The van der Waals surface area contributed by atoms with Gasteiger partial charge in [-0.2, -0.15) is 0 Å². The second-order valence-corrected chi connectivity index (χ2v) is 4.50. The third-order valence-corrected chi connectivity index (χ3v) is 3.20. The average molecular weight is 251 g/mol. The van der Waals surface area contributed by atoms with Gasteiger partial charge in [-0.1, -0.05) is 65.8 Å². The molecule has 0 N–H and O–H groups in total. The van der Waals surface area contributed by atoms with Crippen LogP contribution in [0.2, 0.25) is 0 Å². The van der Waals surface area contributed by atoms with Crippen molar-refractivity contribution in [3.63, 3.8) is 0 Å². The lowest BCUT2D eigenvalue weighted by molar-refractivity contribution is -0.143. The Morgan fingerprint density at radius 2 is 1.58 bits per heavy atom. The second-order valence-electron chi connectivity index (χ2n) is 4.50. The monoisotopic (exact) mass is 251 g/mol. The summed E-state index contributed by atoms with van der Waals surface area (Å²) in [5.74, 6) is -0.590. The van der Waals surface area contributed by atoms with Crippen molar-refractivity contribution in [3.8, 4) is 0 Å². The van der Waals surface area contributed by atoms with Crippen molar-refractivity contribution in [2.75, 3.05) is 0 Å². The molecule has 19 heavy (non-hydrogen) atoms. The van der Waals surface area contributed by atoms with Crippen LogP contribution >= 0.6 is 0 Å². The minimum absolute atomic E-state index is 0.275. The van der Waals surface area contributed by atoms with E-state index in [0.29, 0.717) is 6.42 Å². The Kier molecular flexibility index (Phi) is 3.11. The second kappa shape index (κ2) is 5.06. The molecule has 0 saturated heterocycles. The molecule has 2 aromatic carbocycles. The van der Waals surface area contributed by atoms with Crippen LogP contribution in [0.15, 0.2) is 65.8 Å². The van der Waals surface area contributed by atoms with Crippen LogP contribution in [0.4, 0.5) is 0 Å². The summed E-state index contributed by atoms with van der Waals surface area (Å²) in [6.45, 7) is 0. The highest BCUT2D eigenvalue weighted by molar-refractivity contribution is 6.14. The molecule has 3 rings (SSSR count). The van der Waals surface area contributed by atoms with Crippen LogP contribution in [-0.2, 0) is 16.1 Å². The summed E-state index contributed by atoms with van der Waals surface area (Å²) in [7, 11) is 0. The minimum Gasteiger partial charge on any atom is -0.317 e. The van der Waals surface area contributed by atoms with E-state index in [1.165, 1.54) is 0 Å². The van der Waals surface area contributed by atoms with Gasteiger partial charge in [-0.3, -0.25) is 0 Å². The minimum atomic E-state index is -0.315. The third-order valence-electron chi connectivity index (χ3n) is 3.20. The van der Waals surface area contributed by atoms with Crippen molar-refractivity contribution in [1.82, 2.24) is 0 Å². The number of nitrogens with zero attached hydrogens (tertiary/aromatic N) is 1. The molecule has 0 saturated carbocycles. The molecular formula is C16H13NO2. The number of rotatable bonds is 3. The van der Waals surface area contributed by atoms with Crippen molar-refractivity contribution >= 4 is 11.7 Å². The molecule has 0 amide bonds. The molecule has 3 heteroatoms. The summed E-state index contributed by atoms with van der Waals surface area (Å²) in [5, 5.41) is 3.93. The van der Waals surface area contributed by atoms with Crippen molar-refractivity contribution in [2.45, 2.75) is 6.42 Å². The Bertz CT molecular complexity index is 605. The van der Waals surface area contributed by atoms with Crippen LogP contribution in [0, 0.1) is 5.92 Å². The maximum Gasteiger partial charge on any atom is 0.344 e. The molecule has 0 fully saturated rings. The maximum absolute atomic E-state index is 11.8. The van der Waals surface area contributed by atoms with Crippen LogP contribution in [0.5, 0.6) is 0 Å². The van der Waals surface area contributed by atoms with Gasteiger partial charge in [0, 0.05) is 5.56 Å². The van der Waals surface area contributed by atoms with Crippen LogP contribution in [-0.4, -0.2) is 11.7 Å². The molecule has 1 aliphatic rings. The van der Waals surface area contributed by atoms with Crippen molar-refractivity contribution in [1.29, 1.82) is 0 Å². The molecule has 94 valence electrons. The van der Waals surface area contributed by atoms with Crippen LogP contribution in [0.1, 0.15) is 11.1 Å². The van der Waals surface area contributed by atoms with Crippen LogP contribution in [0.25, 0.3) is 0 Å². The number of carbonyl (C=O) groups is 1. The molecule has 1 aliphatic heterocycles. The first kappa shape index (κ1) is 11.7. The van der Waals surface area contributed by atoms with Crippen LogP contribution < -0.4 is 0 Å². The van der Waals surface area contributed by atoms with E-state index in [4.69, 9.17) is 4.84 Å². The standard InChI is InChI=1S/C16H13NO2/c18-16-14(11-12-7-3-1-4-8-12)15(17-19-16)13-9-5-2-6-10-13/h1-10,14H,11H2/t14-/m1/s1. The Labute approximate surface area is 111 Å². The van der Waals surface area contributed by atoms with E-state index < -0.39 is 0 Å². The lowest BCUT2D eigenvalue weighted by Crippen LogP contribution is -2.21. The molecule has 0 aliphatic carbocycles. The normalized spacial score (nSPS) is 18.0. The average Bonchev–Trinajstić information content (AvgIpc) is 2.82. The van der Waals surface area contributed by atoms with Gasteiger partial charge in [0.2, 0.25) is 0 Å². The van der Waals surface area contributed by atoms with Crippen LogP contribution in [0.3, 0.4) is 0 Å². The fourth-order valence-electron chi connectivity index (χ4n) is 2.23. The summed E-state index contributed by atoms with van der Waals surface area (Å²) >= 11 is 0. The summed E-state index contributed by atoms with van der Waals surface area (Å²) in [5.41, 5.74) is 2.76. The predicted molar refractivity (Wildman–Crippen MR) is 72.7 cm³/mol. The third kappa shape index (κ3) is 2.40. The number of oxime groups is 1. The largest absolute Gasteiger partial charge is 0.344 e. The van der Waals surface area contributed by atoms with E-state index in [-0.39, 0.29) is 11.9 Å². The lowest BCUT2D eigenvalue weighted by atomic mass is 9.91. The Hall–Kier alpha value is -2.42. The highest BCUT2D eigenvalue weighted by atomic mass is 16.7. The number of carbonyl (C=O) groups excluding carboxylic acids is 1. The molecule has 0 radical (unpaired) electrons. The molecule has 0 aromatic heterocycles. The molecule has 0 unspecified atom stereocenters. The lowest BCUT2D eigenvalue weighted by Gasteiger charge is -2.09. The Morgan fingerprint density at radius 3 is 2.26 bits per heavy atom. The fourth-order valence-corrected chi connectivity index (χ4v) is 2.23. The predicted octanol–water partition coefficient (Wildman–Crippen LogP) is 2.81. The maximum atomic E-state index is 11.8. The van der Waals surface area contributed by atoms with Gasteiger partial charge in [0.05, 0.1) is 0 Å². The van der Waals surface area contributed by atoms with E-state index in [9.17, 15) is 4.79 Å². The van der Waals surface area contributed by atoms with Gasteiger partial charge in [0.25, 0.3) is 0 Å². The Morgan fingerprint density at radius 1 is 0.947 bits per heavy atom. The summed E-state index contributed by atoms with van der Waals surface area (Å²) in [6.07, 6.45) is 0.618. The zero-order valence-corrected chi connectivity index (χ0v) is 10.3. The topological polar surface area (TPSA) is 38.7 Å². The molecule has 2 aromatic rings. The molecule has 1 atom stereocenters. The molecule has 3 nitrogen and oxygen atoms in total. The van der Waals surface area contributed by atoms with E-state index in [1.54, 1.807) is 0 Å². The van der Waals surface area contributed by atoms with Crippen molar-refractivity contribution in [3.05, 3.63) is 71.8 Å². The van der Waals surface area contributed by atoms with E-state index in [1.807, 2.05) is 60.7 Å². The first-order chi connectivity index (χ1) is 9.34. The van der Waals surface area contributed by atoms with Gasteiger partial charge in [-0.05, 0) is 12.0 Å². The molecule has 0 bridgehead atoms. The zero-order chi connectivity index (χ0) is 13.1. The number of hydrogen-bond acceptors (Lipinski definition) is 3. The first-order valence-corrected chi connectivity index (χ1v) is 6.22. The van der Waals surface area contributed by atoms with Gasteiger partial charge < -0.3 is 4.84 Å². The smallest absolute Gasteiger partial charge is 0.317 e. The Balaban J connectivity index is 1.87.